The van der Waals surface area contributed by atoms with E-state index in [1.54, 1.807) is 13.0 Å². The van der Waals surface area contributed by atoms with Crippen molar-refractivity contribution in [3.8, 4) is 5.75 Å². The minimum atomic E-state index is -1.36. The van der Waals surface area contributed by atoms with E-state index in [2.05, 4.69) is 0 Å². The molecule has 0 aromatic heterocycles. The summed E-state index contributed by atoms with van der Waals surface area (Å²) in [6.45, 7) is 1.74. The Kier molecular flexibility index (Phi) is 5.24. The first-order valence-electron chi connectivity index (χ1n) is 3.12. The summed E-state index contributed by atoms with van der Waals surface area (Å²) >= 11 is 0. The first kappa shape index (κ1) is 12.3. The van der Waals surface area contributed by atoms with Crippen molar-refractivity contribution in [2.45, 2.75) is 6.92 Å². The normalized spacial score (nSPS) is 8.75. The summed E-state index contributed by atoms with van der Waals surface area (Å²) in [5, 5.41) is 19.3. The second-order valence-corrected chi connectivity index (χ2v) is 2.31. The van der Waals surface area contributed by atoms with E-state index in [1.165, 1.54) is 12.1 Å². The van der Waals surface area contributed by atoms with Gasteiger partial charge in [-0.15, -0.1) is 0 Å². The third kappa shape index (κ3) is 2.97. The van der Waals surface area contributed by atoms with E-state index in [0.717, 1.165) is 5.56 Å². The van der Waals surface area contributed by atoms with Crippen molar-refractivity contribution >= 4 is 5.97 Å². The summed E-state index contributed by atoms with van der Waals surface area (Å²) in [5.41, 5.74) is 0.618. The molecule has 0 aliphatic carbocycles. The molecule has 58 valence electrons. The van der Waals surface area contributed by atoms with Gasteiger partial charge in [-0.1, -0.05) is 11.6 Å². The van der Waals surface area contributed by atoms with Crippen LogP contribution in [0.5, 0.6) is 5.75 Å². The first-order chi connectivity index (χ1) is 5.11. The van der Waals surface area contributed by atoms with Gasteiger partial charge in [0.25, 0.3) is 0 Å². The number of hydrogen-bond acceptors (Lipinski definition) is 3. The minimum Gasteiger partial charge on any atom is -0.545 e. The van der Waals surface area contributed by atoms with Gasteiger partial charge in [-0.25, -0.2) is 0 Å². The maximum absolute atomic E-state index is 10.3. The number of phenols is 1. The molecule has 4 heteroatoms. The van der Waals surface area contributed by atoms with Gasteiger partial charge in [0.2, 0.25) is 0 Å². The van der Waals surface area contributed by atoms with Gasteiger partial charge >= 0.3 is 58.2 Å². The van der Waals surface area contributed by atoms with E-state index in [-0.39, 0.29) is 69.5 Å². The summed E-state index contributed by atoms with van der Waals surface area (Å²) in [6.07, 6.45) is 0. The molecular weight excluding hydrogens is 230 g/mol. The van der Waals surface area contributed by atoms with Crippen molar-refractivity contribution in [3.63, 3.8) is 0 Å². The summed E-state index contributed by atoms with van der Waals surface area (Å²) in [4.78, 5) is 10.3. The third-order valence-corrected chi connectivity index (χ3v) is 1.37. The number of carboxylic acids is 1. The Bertz CT molecular complexity index is 296. The van der Waals surface area contributed by atoms with Crippen LogP contribution < -0.4 is 63.3 Å². The van der Waals surface area contributed by atoms with Gasteiger partial charge in [0.1, 0.15) is 5.75 Å². The number of carboxylic acid groups (broad SMARTS) is 1. The van der Waals surface area contributed by atoms with Crippen LogP contribution in [0, 0.1) is 6.92 Å². The summed E-state index contributed by atoms with van der Waals surface area (Å²) in [7, 11) is 0. The number of aromatic hydroxyl groups is 1. The van der Waals surface area contributed by atoms with Gasteiger partial charge in [0.15, 0.2) is 0 Å². The number of benzene rings is 1. The summed E-state index contributed by atoms with van der Waals surface area (Å²) < 4.78 is 0. The number of aryl methyl sites for hydroxylation is 1. The van der Waals surface area contributed by atoms with Crippen molar-refractivity contribution in [2.24, 2.45) is 0 Å². The largest absolute Gasteiger partial charge is 1.00 e. The predicted molar refractivity (Wildman–Crippen MR) is 37.2 cm³/mol. The monoisotopic (exact) mass is 236 g/mol. The fourth-order valence-corrected chi connectivity index (χ4v) is 0.813. The molecule has 0 atom stereocenters. The fourth-order valence-electron chi connectivity index (χ4n) is 0.813. The molecular formula is C8H7O3Rb. The molecule has 3 nitrogen and oxygen atoms in total. The van der Waals surface area contributed by atoms with Crippen LogP contribution in [0.25, 0.3) is 0 Å². The zero-order chi connectivity index (χ0) is 8.43. The molecule has 1 aromatic carbocycles. The molecule has 0 saturated carbocycles. The Labute approximate surface area is 119 Å². The Morgan fingerprint density at radius 2 is 2.08 bits per heavy atom. The van der Waals surface area contributed by atoms with Crippen LogP contribution in [0.3, 0.4) is 0 Å². The van der Waals surface area contributed by atoms with Gasteiger partial charge in [0.05, 0.1) is 5.97 Å². The molecule has 0 fully saturated rings. The van der Waals surface area contributed by atoms with Crippen molar-refractivity contribution in [1.82, 2.24) is 0 Å². The fraction of sp³-hybridized carbons (Fsp3) is 0.125. The minimum absolute atomic E-state index is 0. The van der Waals surface area contributed by atoms with Gasteiger partial charge in [-0.2, -0.15) is 0 Å². The maximum Gasteiger partial charge on any atom is 1.00 e. The molecule has 0 aliphatic heterocycles. The van der Waals surface area contributed by atoms with Crippen LogP contribution in [0.15, 0.2) is 18.2 Å². The molecule has 0 radical (unpaired) electrons. The van der Waals surface area contributed by atoms with E-state index < -0.39 is 5.97 Å². The Balaban J connectivity index is 0.00000121. The summed E-state index contributed by atoms with van der Waals surface area (Å²) in [5.74, 6) is -1.61. The first-order valence-corrected chi connectivity index (χ1v) is 3.12. The van der Waals surface area contributed by atoms with Crippen LogP contribution in [-0.4, -0.2) is 11.1 Å². The number of carbonyl (C=O) groups is 1. The van der Waals surface area contributed by atoms with E-state index in [9.17, 15) is 9.90 Å². The van der Waals surface area contributed by atoms with Gasteiger partial charge in [0, 0.05) is 5.56 Å². The van der Waals surface area contributed by atoms with Crippen molar-refractivity contribution in [2.75, 3.05) is 0 Å². The maximum atomic E-state index is 10.3. The van der Waals surface area contributed by atoms with Gasteiger partial charge in [-0.3, -0.25) is 0 Å². The molecule has 0 aliphatic rings. The van der Waals surface area contributed by atoms with E-state index >= 15 is 0 Å². The van der Waals surface area contributed by atoms with Crippen LogP contribution in [0.2, 0.25) is 0 Å². The van der Waals surface area contributed by atoms with Crippen LogP contribution in [0.1, 0.15) is 15.9 Å². The number of rotatable bonds is 1. The topological polar surface area (TPSA) is 60.4 Å². The number of carbonyl (C=O) groups excluding carboxylic acids is 1. The van der Waals surface area contributed by atoms with E-state index in [1.807, 2.05) is 0 Å². The molecule has 1 aromatic rings. The molecule has 1 rings (SSSR count). The molecule has 1 N–H and O–H groups in total. The quantitative estimate of drug-likeness (QED) is 0.568. The zero-order valence-corrected chi connectivity index (χ0v) is 11.9. The second-order valence-electron chi connectivity index (χ2n) is 2.31. The second kappa shape index (κ2) is 5.12. The third-order valence-electron chi connectivity index (χ3n) is 1.37. The zero-order valence-electron chi connectivity index (χ0n) is 7.00. The van der Waals surface area contributed by atoms with Gasteiger partial charge < -0.3 is 15.0 Å². The van der Waals surface area contributed by atoms with Gasteiger partial charge in [-0.05, 0) is 19.1 Å². The van der Waals surface area contributed by atoms with Crippen molar-refractivity contribution < 1.29 is 73.2 Å². The predicted octanol–water partition coefficient (Wildman–Crippen LogP) is -2.93. The Morgan fingerprint density at radius 3 is 2.50 bits per heavy atom. The number of hydrogen-bond donors (Lipinski definition) is 1. The molecule has 0 unspecified atom stereocenters. The number of aromatic carboxylic acids is 1. The molecule has 0 bridgehead atoms. The molecule has 12 heavy (non-hydrogen) atoms. The van der Waals surface area contributed by atoms with Crippen molar-refractivity contribution in [1.29, 1.82) is 0 Å². The standard InChI is InChI=1S/C8H8O3.Rb/c1-5-2-3-7(9)6(4-5)8(10)11;/h2-4,9H,1H3,(H,10,11);/q;+1/p-1. The molecule has 0 saturated heterocycles. The van der Waals surface area contributed by atoms with Crippen LogP contribution in [0.4, 0.5) is 0 Å². The Hall–Kier alpha value is 0.295. The average Bonchev–Trinajstić information content (AvgIpc) is 1.94. The van der Waals surface area contributed by atoms with Crippen LogP contribution in [-0.2, 0) is 0 Å². The molecule has 0 heterocycles. The summed E-state index contributed by atoms with van der Waals surface area (Å²) in [6, 6.07) is 4.33. The SMILES string of the molecule is Cc1ccc(O)c(C(=O)[O-])c1.[Rb+]. The smallest absolute Gasteiger partial charge is 0.545 e. The molecule has 0 spiro atoms. The van der Waals surface area contributed by atoms with Crippen LogP contribution >= 0.6 is 0 Å². The average molecular weight is 237 g/mol. The molecule has 0 amide bonds. The van der Waals surface area contributed by atoms with E-state index in [4.69, 9.17) is 5.11 Å². The van der Waals surface area contributed by atoms with E-state index in [0.29, 0.717) is 0 Å². The Morgan fingerprint density at radius 1 is 1.50 bits per heavy atom. The van der Waals surface area contributed by atoms with Crippen molar-refractivity contribution in [3.05, 3.63) is 29.3 Å².